The maximum Gasteiger partial charge on any atom is 0.321 e. The number of carbonyl (C=O) groups excluding carboxylic acids is 1. The fourth-order valence-electron chi connectivity index (χ4n) is 3.45. The molecule has 0 spiro atoms. The molecule has 4 rings (SSSR count). The molecule has 1 aromatic heterocycles. The number of aromatic nitrogens is 2. The number of piperidine rings is 1. The van der Waals surface area contributed by atoms with Crippen LogP contribution in [0.4, 0.5) is 10.5 Å². The summed E-state index contributed by atoms with van der Waals surface area (Å²) < 4.78 is 10.9. The van der Waals surface area contributed by atoms with Gasteiger partial charge in [-0.25, -0.2) is 4.79 Å². The van der Waals surface area contributed by atoms with Gasteiger partial charge in [-0.1, -0.05) is 16.8 Å². The minimum atomic E-state index is -0.106. The average Bonchev–Trinajstić information content (AvgIpc) is 3.26. The smallest absolute Gasteiger partial charge is 0.321 e. The summed E-state index contributed by atoms with van der Waals surface area (Å²) in [5.41, 5.74) is 1.61. The summed E-state index contributed by atoms with van der Waals surface area (Å²) in [7, 11) is 0. The lowest BCUT2D eigenvalue weighted by Crippen LogP contribution is -2.40. The van der Waals surface area contributed by atoms with E-state index >= 15 is 0 Å². The van der Waals surface area contributed by atoms with Gasteiger partial charge in [-0.2, -0.15) is 4.98 Å². The molecule has 0 atom stereocenters. The van der Waals surface area contributed by atoms with Crippen LogP contribution in [0, 0.1) is 0 Å². The Morgan fingerprint density at radius 1 is 1.17 bits per heavy atom. The zero-order valence-electron chi connectivity index (χ0n) is 16.7. The Bertz CT molecular complexity index is 980. The van der Waals surface area contributed by atoms with Crippen molar-refractivity contribution in [3.63, 3.8) is 0 Å². The largest absolute Gasteiger partial charge is 0.494 e. The third-order valence-corrected chi connectivity index (χ3v) is 5.34. The van der Waals surface area contributed by atoms with Gasteiger partial charge in [-0.3, -0.25) is 0 Å². The number of urea groups is 1. The topological polar surface area (TPSA) is 80.5 Å². The summed E-state index contributed by atoms with van der Waals surface area (Å²) in [6.07, 6.45) is 1.55. The first kappa shape index (κ1) is 20.2. The molecule has 0 aliphatic carbocycles. The first-order chi connectivity index (χ1) is 14.6. The van der Waals surface area contributed by atoms with Crippen molar-refractivity contribution in [1.29, 1.82) is 0 Å². The monoisotopic (exact) mass is 426 g/mol. The van der Waals surface area contributed by atoms with Gasteiger partial charge in [0.2, 0.25) is 11.7 Å². The van der Waals surface area contributed by atoms with Crippen LogP contribution in [0.3, 0.4) is 0 Å². The number of rotatable bonds is 5. The van der Waals surface area contributed by atoms with Crippen LogP contribution in [0.15, 0.2) is 53.1 Å². The third kappa shape index (κ3) is 4.74. The predicted octanol–water partition coefficient (Wildman–Crippen LogP) is 5.20. The molecule has 3 aromatic rings. The molecule has 1 aliphatic rings. The minimum Gasteiger partial charge on any atom is -0.494 e. The van der Waals surface area contributed by atoms with Gasteiger partial charge in [0.1, 0.15) is 5.75 Å². The van der Waals surface area contributed by atoms with E-state index in [9.17, 15) is 4.79 Å². The maximum atomic E-state index is 12.6. The molecule has 7 nitrogen and oxygen atoms in total. The van der Waals surface area contributed by atoms with E-state index < -0.39 is 0 Å². The quantitative estimate of drug-likeness (QED) is 0.606. The summed E-state index contributed by atoms with van der Waals surface area (Å²) in [6.45, 7) is 3.81. The highest BCUT2D eigenvalue weighted by Crippen LogP contribution is 2.29. The van der Waals surface area contributed by atoms with E-state index in [1.165, 1.54) is 0 Å². The molecule has 1 N–H and O–H groups in total. The van der Waals surface area contributed by atoms with Crippen molar-refractivity contribution < 1.29 is 14.1 Å². The van der Waals surface area contributed by atoms with Crippen molar-refractivity contribution in [2.75, 3.05) is 25.0 Å². The standard InChI is InChI=1S/C22H23ClN4O3/c1-2-29-19-9-7-18(8-10-19)24-22(28)27-13-11-16(12-14-27)21-25-20(26-30-21)15-3-5-17(23)6-4-15/h3-10,16H,2,11-14H2,1H3,(H,24,28). The summed E-state index contributed by atoms with van der Waals surface area (Å²) >= 11 is 5.93. The normalized spacial score (nSPS) is 14.5. The summed E-state index contributed by atoms with van der Waals surface area (Å²) in [6, 6.07) is 14.6. The van der Waals surface area contributed by atoms with Crippen molar-refractivity contribution in [1.82, 2.24) is 15.0 Å². The summed E-state index contributed by atoms with van der Waals surface area (Å²) in [5, 5.41) is 7.69. The molecule has 1 aliphatic heterocycles. The molecule has 2 heterocycles. The van der Waals surface area contributed by atoms with Gasteiger partial charge < -0.3 is 19.5 Å². The van der Waals surface area contributed by atoms with E-state index in [1.807, 2.05) is 48.2 Å². The number of benzene rings is 2. The number of likely N-dealkylation sites (tertiary alicyclic amines) is 1. The number of halogens is 1. The Morgan fingerprint density at radius 2 is 1.87 bits per heavy atom. The number of amides is 2. The first-order valence-electron chi connectivity index (χ1n) is 10.0. The molecule has 1 fully saturated rings. The molecule has 8 heteroatoms. The number of ether oxygens (including phenoxy) is 1. The lowest BCUT2D eigenvalue weighted by Gasteiger charge is -2.30. The van der Waals surface area contributed by atoms with E-state index in [0.29, 0.717) is 36.4 Å². The van der Waals surface area contributed by atoms with Crippen LogP contribution in [0.1, 0.15) is 31.6 Å². The predicted molar refractivity (Wildman–Crippen MR) is 115 cm³/mol. The van der Waals surface area contributed by atoms with Crippen molar-refractivity contribution in [3.8, 4) is 17.1 Å². The molecule has 0 bridgehead atoms. The Hall–Kier alpha value is -3.06. The zero-order chi connectivity index (χ0) is 20.9. The second kappa shape index (κ2) is 9.17. The maximum absolute atomic E-state index is 12.6. The molecule has 0 unspecified atom stereocenters. The van der Waals surface area contributed by atoms with Crippen LogP contribution in [-0.2, 0) is 0 Å². The summed E-state index contributed by atoms with van der Waals surface area (Å²) in [5.74, 6) is 2.10. The Morgan fingerprint density at radius 3 is 2.53 bits per heavy atom. The average molecular weight is 427 g/mol. The highest BCUT2D eigenvalue weighted by Gasteiger charge is 2.27. The van der Waals surface area contributed by atoms with Crippen LogP contribution in [0.5, 0.6) is 5.75 Å². The van der Waals surface area contributed by atoms with E-state index in [1.54, 1.807) is 12.1 Å². The van der Waals surface area contributed by atoms with Crippen molar-refractivity contribution >= 4 is 23.3 Å². The number of nitrogens with zero attached hydrogens (tertiary/aromatic N) is 3. The first-order valence-corrected chi connectivity index (χ1v) is 10.4. The Balaban J connectivity index is 1.31. The fourth-order valence-corrected chi connectivity index (χ4v) is 3.58. The summed E-state index contributed by atoms with van der Waals surface area (Å²) in [4.78, 5) is 18.9. The number of carbonyl (C=O) groups is 1. The second-order valence-electron chi connectivity index (χ2n) is 7.11. The SMILES string of the molecule is CCOc1ccc(NC(=O)N2CCC(c3nc(-c4ccc(Cl)cc4)no3)CC2)cc1. The highest BCUT2D eigenvalue weighted by atomic mass is 35.5. The minimum absolute atomic E-state index is 0.106. The molecule has 2 aromatic carbocycles. The van der Waals surface area contributed by atoms with Crippen molar-refractivity contribution in [3.05, 3.63) is 59.4 Å². The van der Waals surface area contributed by atoms with Crippen LogP contribution >= 0.6 is 11.6 Å². The molecular formula is C22H23ClN4O3. The van der Waals surface area contributed by atoms with Crippen LogP contribution in [-0.4, -0.2) is 40.8 Å². The molecule has 0 radical (unpaired) electrons. The van der Waals surface area contributed by atoms with Gasteiger partial charge in [0.25, 0.3) is 0 Å². The molecule has 156 valence electrons. The van der Waals surface area contributed by atoms with E-state index in [4.69, 9.17) is 20.9 Å². The third-order valence-electron chi connectivity index (χ3n) is 5.09. The van der Waals surface area contributed by atoms with Crippen LogP contribution in [0.2, 0.25) is 5.02 Å². The van der Waals surface area contributed by atoms with Gasteiger partial charge in [0.05, 0.1) is 6.61 Å². The number of hydrogen-bond donors (Lipinski definition) is 1. The lowest BCUT2D eigenvalue weighted by atomic mass is 9.97. The Labute approximate surface area is 180 Å². The highest BCUT2D eigenvalue weighted by molar-refractivity contribution is 6.30. The van der Waals surface area contributed by atoms with Crippen LogP contribution < -0.4 is 10.1 Å². The van der Waals surface area contributed by atoms with Gasteiger partial charge in [0.15, 0.2) is 0 Å². The molecule has 1 saturated heterocycles. The number of hydrogen-bond acceptors (Lipinski definition) is 5. The van der Waals surface area contributed by atoms with Gasteiger partial charge in [-0.05, 0) is 68.3 Å². The number of anilines is 1. The lowest BCUT2D eigenvalue weighted by molar-refractivity contribution is 0.187. The fraction of sp³-hybridized carbons (Fsp3) is 0.318. The second-order valence-corrected chi connectivity index (χ2v) is 7.55. The van der Waals surface area contributed by atoms with Gasteiger partial charge in [-0.15, -0.1) is 0 Å². The molecule has 2 amide bonds. The molecule has 30 heavy (non-hydrogen) atoms. The van der Waals surface area contributed by atoms with Crippen LogP contribution in [0.25, 0.3) is 11.4 Å². The van der Waals surface area contributed by atoms with Crippen molar-refractivity contribution in [2.24, 2.45) is 0 Å². The zero-order valence-corrected chi connectivity index (χ0v) is 17.4. The van der Waals surface area contributed by atoms with Gasteiger partial charge in [0, 0.05) is 35.3 Å². The van der Waals surface area contributed by atoms with Gasteiger partial charge >= 0.3 is 6.03 Å². The Kier molecular flexibility index (Phi) is 6.18. The van der Waals surface area contributed by atoms with E-state index in [-0.39, 0.29) is 11.9 Å². The van der Waals surface area contributed by atoms with E-state index in [0.717, 1.165) is 29.8 Å². The molecular weight excluding hydrogens is 404 g/mol. The van der Waals surface area contributed by atoms with Crippen molar-refractivity contribution in [2.45, 2.75) is 25.7 Å². The molecule has 0 saturated carbocycles. The van der Waals surface area contributed by atoms with E-state index in [2.05, 4.69) is 15.5 Å². The number of nitrogens with one attached hydrogen (secondary N) is 1.